The van der Waals surface area contributed by atoms with Crippen molar-refractivity contribution in [3.8, 4) is 0 Å². The van der Waals surface area contributed by atoms with Gasteiger partial charge in [-0.1, -0.05) is 11.3 Å². The second-order valence-corrected chi connectivity index (χ2v) is 4.18. The zero-order valence-electron chi connectivity index (χ0n) is 9.15. The van der Waals surface area contributed by atoms with Crippen LogP contribution in [0.5, 0.6) is 0 Å². The molecule has 1 heterocycles. The molecule has 0 atom stereocenters. The number of benzene rings is 1. The van der Waals surface area contributed by atoms with E-state index in [9.17, 15) is 14.9 Å². The normalized spacial score (nSPS) is 9.56. The molecule has 0 saturated heterocycles. The Labute approximate surface area is 118 Å². The van der Waals surface area contributed by atoms with Gasteiger partial charge >= 0.3 is 0 Å². The number of hydrogen-bond donors (Lipinski definition) is 0. The summed E-state index contributed by atoms with van der Waals surface area (Å²) >= 11 is 1.50. The number of non-ortho nitro benzene ring substituents is 1. The van der Waals surface area contributed by atoms with Gasteiger partial charge in [-0.2, -0.15) is 4.57 Å². The molecule has 1 aromatic heterocycles. The number of hydrogen-bond acceptors (Lipinski definition) is 4. The number of halogens is 1. The van der Waals surface area contributed by atoms with Crippen molar-refractivity contribution < 1.29 is 31.3 Å². The van der Waals surface area contributed by atoms with E-state index >= 15 is 0 Å². The molecule has 7 heteroatoms. The van der Waals surface area contributed by atoms with Crippen LogP contribution >= 0.6 is 11.3 Å². The molecule has 94 valence electrons. The van der Waals surface area contributed by atoms with Crippen LogP contribution in [0.3, 0.4) is 0 Å². The van der Waals surface area contributed by atoms with Crippen LogP contribution in [0.2, 0.25) is 0 Å². The van der Waals surface area contributed by atoms with Crippen LogP contribution in [-0.4, -0.2) is 10.7 Å². The maximum absolute atomic E-state index is 11.8. The van der Waals surface area contributed by atoms with Gasteiger partial charge < -0.3 is 17.0 Å². The fraction of sp³-hybridized carbons (Fsp3) is 0.0909. The fourth-order valence-corrected chi connectivity index (χ4v) is 1.98. The molecule has 0 saturated carbocycles. The third-order valence-electron chi connectivity index (χ3n) is 2.25. The predicted octanol–water partition coefficient (Wildman–Crippen LogP) is -1.17. The van der Waals surface area contributed by atoms with Gasteiger partial charge in [0.1, 0.15) is 0 Å². The predicted molar refractivity (Wildman–Crippen MR) is 61.9 cm³/mol. The highest BCUT2D eigenvalue weighted by molar-refractivity contribution is 7.07. The second-order valence-electron chi connectivity index (χ2n) is 3.43. The molecule has 18 heavy (non-hydrogen) atoms. The summed E-state index contributed by atoms with van der Waals surface area (Å²) in [6, 6.07) is 5.64. The molecule has 0 bridgehead atoms. The van der Waals surface area contributed by atoms with Crippen molar-refractivity contribution >= 4 is 22.8 Å². The molecule has 2 aromatic rings. The highest BCUT2D eigenvalue weighted by Gasteiger charge is 2.13. The van der Waals surface area contributed by atoms with Crippen molar-refractivity contribution in [3.05, 3.63) is 57.0 Å². The first-order chi connectivity index (χ1) is 8.16. The van der Waals surface area contributed by atoms with Crippen LogP contribution in [0.4, 0.5) is 5.69 Å². The van der Waals surface area contributed by atoms with Gasteiger partial charge in [0, 0.05) is 17.7 Å². The molecule has 0 radical (unpaired) electrons. The summed E-state index contributed by atoms with van der Waals surface area (Å²) in [6.45, 7) is 0.251. The quantitative estimate of drug-likeness (QED) is 0.307. The first-order valence-corrected chi connectivity index (χ1v) is 5.80. The highest BCUT2D eigenvalue weighted by atomic mass is 79.9. The van der Waals surface area contributed by atoms with E-state index in [1.807, 2.05) is 17.1 Å². The van der Waals surface area contributed by atoms with E-state index in [1.54, 1.807) is 4.57 Å². The molecule has 0 unspecified atom stereocenters. The Morgan fingerprint density at radius 2 is 2.00 bits per heavy atom. The molecule has 0 N–H and O–H groups in total. The van der Waals surface area contributed by atoms with Gasteiger partial charge in [-0.3, -0.25) is 14.9 Å². The Morgan fingerprint density at radius 3 is 2.50 bits per heavy atom. The number of carbonyl (C=O) groups is 1. The van der Waals surface area contributed by atoms with Crippen molar-refractivity contribution in [3.63, 3.8) is 0 Å². The van der Waals surface area contributed by atoms with Gasteiger partial charge in [0.2, 0.25) is 17.8 Å². The maximum Gasteiger partial charge on any atom is 0.269 e. The zero-order valence-corrected chi connectivity index (χ0v) is 11.6. The van der Waals surface area contributed by atoms with Crippen molar-refractivity contribution in [1.29, 1.82) is 0 Å². The third kappa shape index (κ3) is 3.44. The van der Waals surface area contributed by atoms with E-state index in [0.717, 1.165) is 0 Å². The summed E-state index contributed by atoms with van der Waals surface area (Å²) < 4.78 is 1.77. The molecule has 5 nitrogen and oxygen atoms in total. The fourth-order valence-electron chi connectivity index (χ4n) is 1.38. The Balaban J connectivity index is 0.00000162. The number of nitrogens with zero attached hydrogens (tertiary/aromatic N) is 2. The maximum atomic E-state index is 11.8. The topological polar surface area (TPSA) is 64.1 Å². The van der Waals surface area contributed by atoms with Crippen molar-refractivity contribution in [2.24, 2.45) is 0 Å². The van der Waals surface area contributed by atoms with Gasteiger partial charge in [0.15, 0.2) is 6.20 Å². The number of aromatic nitrogens is 1. The number of carbonyl (C=O) groups excluding carboxylic acids is 1. The minimum absolute atomic E-state index is 0. The lowest BCUT2D eigenvalue weighted by molar-refractivity contribution is -0.678. The summed E-state index contributed by atoms with van der Waals surface area (Å²) in [5, 5.41) is 12.3. The lowest BCUT2D eigenvalue weighted by Gasteiger charge is -1.96. The van der Waals surface area contributed by atoms with E-state index in [-0.39, 0.29) is 35.0 Å². The monoisotopic (exact) mass is 328 g/mol. The summed E-state index contributed by atoms with van der Waals surface area (Å²) in [4.78, 5) is 21.8. The van der Waals surface area contributed by atoms with Crippen LogP contribution < -0.4 is 21.5 Å². The summed E-state index contributed by atoms with van der Waals surface area (Å²) in [6.07, 6.45) is 1.81. The molecule has 0 aliphatic carbocycles. The van der Waals surface area contributed by atoms with Crippen LogP contribution in [0, 0.1) is 10.1 Å². The smallest absolute Gasteiger partial charge is 0.269 e. The van der Waals surface area contributed by atoms with Crippen molar-refractivity contribution in [2.45, 2.75) is 6.54 Å². The Morgan fingerprint density at radius 1 is 1.33 bits per heavy atom. The lowest BCUT2D eigenvalue weighted by Crippen LogP contribution is -3.00. The van der Waals surface area contributed by atoms with Gasteiger partial charge in [-0.15, -0.1) is 0 Å². The highest BCUT2D eigenvalue weighted by Crippen LogP contribution is 2.12. The number of thiazole rings is 1. The third-order valence-corrected chi connectivity index (χ3v) is 2.92. The van der Waals surface area contributed by atoms with E-state index in [0.29, 0.717) is 5.56 Å². The number of ketones is 1. The summed E-state index contributed by atoms with van der Waals surface area (Å²) in [5.74, 6) is -0.0664. The first-order valence-electron chi connectivity index (χ1n) is 4.86. The molecular weight excluding hydrogens is 320 g/mol. The Kier molecular flexibility index (Phi) is 5.11. The number of Topliss-reactive ketones (excluding diaryl/α,β-unsaturated/α-hetero) is 1. The molecule has 1 aromatic carbocycles. The second kappa shape index (κ2) is 6.36. The van der Waals surface area contributed by atoms with Gasteiger partial charge in [-0.25, -0.2) is 0 Å². The van der Waals surface area contributed by atoms with Crippen LogP contribution in [0.1, 0.15) is 10.4 Å². The first kappa shape index (κ1) is 14.5. The molecule has 0 aliphatic heterocycles. The van der Waals surface area contributed by atoms with Crippen molar-refractivity contribution in [1.82, 2.24) is 0 Å². The molecular formula is C11H9BrN2O3S. The van der Waals surface area contributed by atoms with Crippen LogP contribution in [0.25, 0.3) is 0 Å². The zero-order chi connectivity index (χ0) is 12.3. The largest absolute Gasteiger partial charge is 1.00 e. The molecule has 0 fully saturated rings. The summed E-state index contributed by atoms with van der Waals surface area (Å²) in [7, 11) is 0. The molecule has 0 aliphatic rings. The average Bonchev–Trinajstić information content (AvgIpc) is 2.82. The van der Waals surface area contributed by atoms with E-state index < -0.39 is 4.92 Å². The van der Waals surface area contributed by atoms with E-state index in [2.05, 4.69) is 0 Å². The standard InChI is InChI=1S/C11H9N2O3S.BrH/c14-11(7-12-5-6-17-8-12)9-1-3-10(4-2-9)13(15)16;/h1-6,8H,7H2;1H/q+1;/p-1. The van der Waals surface area contributed by atoms with Gasteiger partial charge in [-0.05, 0) is 12.1 Å². The number of nitro groups is 1. The number of rotatable bonds is 4. The van der Waals surface area contributed by atoms with Crippen LogP contribution in [-0.2, 0) is 6.54 Å². The van der Waals surface area contributed by atoms with E-state index in [1.165, 1.54) is 35.6 Å². The van der Waals surface area contributed by atoms with Crippen molar-refractivity contribution in [2.75, 3.05) is 0 Å². The van der Waals surface area contributed by atoms with E-state index in [4.69, 9.17) is 0 Å². The Bertz CT molecular complexity index is 540. The lowest BCUT2D eigenvalue weighted by atomic mass is 10.1. The van der Waals surface area contributed by atoms with Gasteiger partial charge in [0.05, 0.1) is 10.3 Å². The molecule has 0 amide bonds. The minimum atomic E-state index is -0.484. The number of nitro benzene ring substituents is 1. The minimum Gasteiger partial charge on any atom is -1.00 e. The SMILES string of the molecule is O=C(C[n+]1ccsc1)c1ccc([N+](=O)[O-])cc1.[Br-]. The molecule has 2 rings (SSSR count). The van der Waals surface area contributed by atoms with Crippen LogP contribution in [0.15, 0.2) is 41.4 Å². The summed E-state index contributed by atoms with van der Waals surface area (Å²) in [5.41, 5.74) is 2.31. The Hall–Kier alpha value is -1.60. The molecule has 0 spiro atoms. The average molecular weight is 329 g/mol. The van der Waals surface area contributed by atoms with Gasteiger partial charge in [0.25, 0.3) is 5.69 Å².